The van der Waals surface area contributed by atoms with Crippen LogP contribution in [0.15, 0.2) is 29.7 Å². The van der Waals surface area contributed by atoms with Crippen LogP contribution in [0.1, 0.15) is 35.5 Å². The second-order valence-corrected chi connectivity index (χ2v) is 9.19. The molecule has 0 saturated heterocycles. The topological polar surface area (TPSA) is 95.4 Å². The molecule has 0 bridgehead atoms. The molecular formula is C20H21N7S2. The average Bonchev–Trinajstić information content (AvgIpc) is 3.19. The molecular weight excluding hydrogens is 402 g/mol. The molecule has 0 spiro atoms. The fourth-order valence-electron chi connectivity index (χ4n) is 3.79. The molecule has 0 aliphatic heterocycles. The molecule has 4 aromatic rings. The molecule has 1 aliphatic rings. The standard InChI is InChI=1S/C20H21N7S2/c1-27-18(12-7-9-22-10-8-12)25-26-20(27)28-11-15-23-17(21)16-13-5-3-2-4-6-14(13)29-19(16)24-15/h7-10H,2-6,11H2,1H3,(H2,21,23,24). The van der Waals surface area contributed by atoms with Crippen LogP contribution in [0.4, 0.5) is 5.82 Å². The van der Waals surface area contributed by atoms with Crippen molar-refractivity contribution in [3.05, 3.63) is 40.8 Å². The largest absolute Gasteiger partial charge is 0.383 e. The van der Waals surface area contributed by atoms with E-state index in [-0.39, 0.29) is 0 Å². The Morgan fingerprint density at radius 3 is 2.79 bits per heavy atom. The molecule has 2 N–H and O–H groups in total. The van der Waals surface area contributed by atoms with E-state index in [2.05, 4.69) is 20.2 Å². The van der Waals surface area contributed by atoms with Gasteiger partial charge in [0, 0.05) is 29.9 Å². The summed E-state index contributed by atoms with van der Waals surface area (Å²) in [7, 11) is 1.97. The molecule has 4 heterocycles. The molecule has 0 saturated carbocycles. The number of hydrogen-bond acceptors (Lipinski definition) is 8. The van der Waals surface area contributed by atoms with Crippen LogP contribution in [0, 0.1) is 0 Å². The maximum atomic E-state index is 6.36. The van der Waals surface area contributed by atoms with Crippen LogP contribution in [-0.2, 0) is 25.6 Å². The third-order valence-corrected chi connectivity index (χ3v) is 7.44. The molecule has 9 heteroatoms. The number of rotatable bonds is 4. The molecule has 0 amide bonds. The van der Waals surface area contributed by atoms with E-state index in [9.17, 15) is 0 Å². The summed E-state index contributed by atoms with van der Waals surface area (Å²) in [4.78, 5) is 16.0. The van der Waals surface area contributed by atoms with Gasteiger partial charge in [-0.3, -0.25) is 4.98 Å². The first-order valence-electron chi connectivity index (χ1n) is 9.70. The lowest BCUT2D eigenvalue weighted by molar-refractivity contribution is 0.713. The Morgan fingerprint density at radius 2 is 1.93 bits per heavy atom. The molecule has 0 aromatic carbocycles. The molecule has 4 aromatic heterocycles. The highest BCUT2D eigenvalue weighted by Crippen LogP contribution is 2.37. The summed E-state index contributed by atoms with van der Waals surface area (Å²) in [6, 6.07) is 3.86. The number of pyridine rings is 1. The minimum absolute atomic E-state index is 0.602. The minimum atomic E-state index is 0.602. The van der Waals surface area contributed by atoms with Gasteiger partial charge in [0.25, 0.3) is 0 Å². The van der Waals surface area contributed by atoms with E-state index in [1.807, 2.05) is 23.7 Å². The number of hydrogen-bond donors (Lipinski definition) is 1. The van der Waals surface area contributed by atoms with E-state index in [4.69, 9.17) is 10.7 Å². The maximum Gasteiger partial charge on any atom is 0.191 e. The zero-order chi connectivity index (χ0) is 19.8. The van der Waals surface area contributed by atoms with Crippen molar-refractivity contribution in [1.82, 2.24) is 29.7 Å². The zero-order valence-corrected chi connectivity index (χ0v) is 17.8. The first-order chi connectivity index (χ1) is 14.2. The van der Waals surface area contributed by atoms with E-state index < -0.39 is 0 Å². The molecule has 0 fully saturated rings. The van der Waals surface area contributed by atoms with Gasteiger partial charge in [0.15, 0.2) is 11.0 Å². The van der Waals surface area contributed by atoms with Gasteiger partial charge in [0.05, 0.1) is 11.1 Å². The Balaban J connectivity index is 1.40. The van der Waals surface area contributed by atoms with Crippen molar-refractivity contribution in [2.45, 2.75) is 43.0 Å². The van der Waals surface area contributed by atoms with Gasteiger partial charge in [-0.1, -0.05) is 18.2 Å². The number of nitrogens with zero attached hydrogens (tertiary/aromatic N) is 6. The Labute approximate surface area is 176 Å². The van der Waals surface area contributed by atoms with Gasteiger partial charge in [0.2, 0.25) is 0 Å². The number of nitrogen functional groups attached to an aromatic ring is 1. The van der Waals surface area contributed by atoms with Crippen molar-refractivity contribution >= 4 is 39.1 Å². The van der Waals surface area contributed by atoms with Crippen LogP contribution in [0.3, 0.4) is 0 Å². The van der Waals surface area contributed by atoms with Crippen LogP contribution in [0.2, 0.25) is 0 Å². The number of aryl methyl sites for hydroxylation is 2. The van der Waals surface area contributed by atoms with Gasteiger partial charge in [-0.15, -0.1) is 21.5 Å². The van der Waals surface area contributed by atoms with E-state index in [0.29, 0.717) is 11.6 Å². The summed E-state index contributed by atoms with van der Waals surface area (Å²) in [6.07, 6.45) is 9.50. The van der Waals surface area contributed by atoms with Crippen LogP contribution < -0.4 is 5.73 Å². The average molecular weight is 424 g/mol. The quantitative estimate of drug-likeness (QED) is 0.391. The Morgan fingerprint density at radius 1 is 1.10 bits per heavy atom. The number of thioether (sulfide) groups is 1. The first kappa shape index (κ1) is 18.5. The van der Waals surface area contributed by atoms with E-state index in [1.165, 1.54) is 29.7 Å². The second-order valence-electron chi connectivity index (χ2n) is 7.16. The van der Waals surface area contributed by atoms with Gasteiger partial charge in [-0.25, -0.2) is 9.97 Å². The number of fused-ring (bicyclic) bond motifs is 3. The predicted octanol–water partition coefficient (Wildman–Crippen LogP) is 4.03. The Bertz CT molecular complexity index is 1170. The van der Waals surface area contributed by atoms with Crippen LogP contribution >= 0.6 is 23.1 Å². The smallest absolute Gasteiger partial charge is 0.191 e. The molecule has 5 rings (SSSR count). The normalized spacial score (nSPS) is 14.1. The molecule has 0 atom stereocenters. The molecule has 7 nitrogen and oxygen atoms in total. The van der Waals surface area contributed by atoms with Crippen molar-refractivity contribution < 1.29 is 0 Å². The van der Waals surface area contributed by atoms with Crippen molar-refractivity contribution in [1.29, 1.82) is 0 Å². The zero-order valence-electron chi connectivity index (χ0n) is 16.1. The highest BCUT2D eigenvalue weighted by atomic mass is 32.2. The van der Waals surface area contributed by atoms with Crippen LogP contribution in [0.25, 0.3) is 21.6 Å². The molecule has 148 valence electrons. The fourth-order valence-corrected chi connectivity index (χ4v) is 5.85. The number of nitrogens with two attached hydrogens (primary N) is 1. The van der Waals surface area contributed by atoms with E-state index >= 15 is 0 Å². The van der Waals surface area contributed by atoms with Gasteiger partial charge < -0.3 is 10.3 Å². The second kappa shape index (κ2) is 7.72. The maximum absolute atomic E-state index is 6.36. The van der Waals surface area contributed by atoms with Gasteiger partial charge >= 0.3 is 0 Å². The summed E-state index contributed by atoms with van der Waals surface area (Å²) in [6.45, 7) is 0. The summed E-state index contributed by atoms with van der Waals surface area (Å²) < 4.78 is 1.98. The highest BCUT2D eigenvalue weighted by molar-refractivity contribution is 7.98. The van der Waals surface area contributed by atoms with E-state index in [1.54, 1.807) is 35.5 Å². The third kappa shape index (κ3) is 3.49. The van der Waals surface area contributed by atoms with Crippen LogP contribution in [-0.4, -0.2) is 29.7 Å². The predicted molar refractivity (Wildman–Crippen MR) is 117 cm³/mol. The number of anilines is 1. The SMILES string of the molecule is Cn1c(SCc2nc(N)c3c4c(sc3n2)CCCCC4)nnc1-c1ccncc1. The van der Waals surface area contributed by atoms with Gasteiger partial charge in [0.1, 0.15) is 16.5 Å². The monoisotopic (exact) mass is 423 g/mol. The third-order valence-electron chi connectivity index (χ3n) is 5.24. The molecule has 29 heavy (non-hydrogen) atoms. The van der Waals surface area contributed by atoms with Crippen molar-refractivity contribution in [2.75, 3.05) is 5.73 Å². The van der Waals surface area contributed by atoms with Gasteiger partial charge in [-0.2, -0.15) is 0 Å². The minimum Gasteiger partial charge on any atom is -0.383 e. The summed E-state index contributed by atoms with van der Waals surface area (Å²) >= 11 is 3.36. The summed E-state index contributed by atoms with van der Waals surface area (Å²) in [5, 5.41) is 10.5. The molecule has 0 unspecified atom stereocenters. The lowest BCUT2D eigenvalue weighted by Gasteiger charge is -2.05. The molecule has 0 radical (unpaired) electrons. The number of aromatic nitrogens is 6. The van der Waals surface area contributed by atoms with Crippen molar-refractivity contribution in [3.8, 4) is 11.4 Å². The fraction of sp³-hybridized carbons (Fsp3) is 0.350. The number of thiophene rings is 1. The van der Waals surface area contributed by atoms with Gasteiger partial charge in [-0.05, 0) is 43.4 Å². The lowest BCUT2D eigenvalue weighted by Crippen LogP contribution is -2.01. The van der Waals surface area contributed by atoms with Crippen LogP contribution in [0.5, 0.6) is 0 Å². The van der Waals surface area contributed by atoms with Crippen molar-refractivity contribution in [2.24, 2.45) is 7.05 Å². The lowest BCUT2D eigenvalue weighted by atomic mass is 10.1. The summed E-state index contributed by atoms with van der Waals surface area (Å²) in [5.41, 5.74) is 8.74. The summed E-state index contributed by atoms with van der Waals surface area (Å²) in [5.74, 6) is 2.77. The Hall–Kier alpha value is -2.52. The highest BCUT2D eigenvalue weighted by Gasteiger charge is 2.20. The van der Waals surface area contributed by atoms with E-state index in [0.717, 1.165) is 45.4 Å². The first-order valence-corrected chi connectivity index (χ1v) is 11.5. The Kier molecular flexibility index (Phi) is 4.92. The molecule has 1 aliphatic carbocycles. The van der Waals surface area contributed by atoms with Crippen molar-refractivity contribution in [3.63, 3.8) is 0 Å².